The molecule has 0 saturated heterocycles. The largest absolute Gasteiger partial charge is 0.497 e. The fourth-order valence-corrected chi connectivity index (χ4v) is 6.85. The van der Waals surface area contributed by atoms with Crippen LogP contribution in [0, 0.1) is 20.2 Å². The third-order valence-corrected chi connectivity index (χ3v) is 10.1. The number of nitro benzene ring substituents is 2. The molecule has 12 heteroatoms. The summed E-state index contributed by atoms with van der Waals surface area (Å²) in [4.78, 5) is 27.8. The van der Waals surface area contributed by atoms with E-state index in [1.54, 1.807) is 40.6 Å². The molecule has 7 aromatic rings. The highest BCUT2D eigenvalue weighted by Crippen LogP contribution is 2.39. The maximum Gasteiger partial charge on any atom is 0.277 e. The van der Waals surface area contributed by atoms with Gasteiger partial charge in [0.05, 0.1) is 49.4 Å². The summed E-state index contributed by atoms with van der Waals surface area (Å²) in [6.45, 7) is 0. The molecule has 0 amide bonds. The Morgan fingerprint density at radius 2 is 0.597 bits per heavy atom. The van der Waals surface area contributed by atoms with E-state index in [4.69, 9.17) is 18.9 Å². The zero-order valence-electron chi connectivity index (χ0n) is 34.4. The van der Waals surface area contributed by atoms with Gasteiger partial charge in [-0.2, -0.15) is 0 Å². The van der Waals surface area contributed by atoms with Crippen molar-refractivity contribution < 1.29 is 28.8 Å². The third kappa shape index (κ3) is 9.56. The van der Waals surface area contributed by atoms with E-state index in [-0.39, 0.29) is 22.5 Å². The fourth-order valence-electron chi connectivity index (χ4n) is 6.85. The van der Waals surface area contributed by atoms with Gasteiger partial charge in [0.25, 0.3) is 11.4 Å². The highest BCUT2D eigenvalue weighted by atomic mass is 16.6. The molecule has 0 unspecified atom stereocenters. The van der Waals surface area contributed by atoms with Gasteiger partial charge in [-0.25, -0.2) is 0 Å². The van der Waals surface area contributed by atoms with Crippen molar-refractivity contribution in [1.29, 1.82) is 0 Å². The average Bonchev–Trinajstić information content (AvgIpc) is 3.32. The molecule has 12 nitrogen and oxygen atoms in total. The highest BCUT2D eigenvalue weighted by molar-refractivity contribution is 5.84. The lowest BCUT2D eigenvalue weighted by molar-refractivity contribution is -0.389. The summed E-state index contributed by atoms with van der Waals surface area (Å²) in [7, 11) is 6.47. The van der Waals surface area contributed by atoms with E-state index in [1.165, 1.54) is 24.3 Å². The topological polar surface area (TPSA) is 130 Å². The summed E-state index contributed by atoms with van der Waals surface area (Å²) in [5.41, 5.74) is 6.45. The first-order valence-electron chi connectivity index (χ1n) is 19.4. The molecule has 7 aromatic carbocycles. The first-order valence-corrected chi connectivity index (χ1v) is 19.4. The van der Waals surface area contributed by atoms with Gasteiger partial charge in [-0.1, -0.05) is 36.4 Å². The van der Waals surface area contributed by atoms with Crippen LogP contribution in [0.1, 0.15) is 22.3 Å². The van der Waals surface area contributed by atoms with Gasteiger partial charge in [0.15, 0.2) is 0 Å². The predicted octanol–water partition coefficient (Wildman–Crippen LogP) is 12.8. The van der Waals surface area contributed by atoms with Gasteiger partial charge >= 0.3 is 0 Å². The Hall–Kier alpha value is -8.38. The molecule has 0 aromatic heterocycles. The van der Waals surface area contributed by atoms with Crippen molar-refractivity contribution in [2.24, 2.45) is 0 Å². The van der Waals surface area contributed by atoms with Gasteiger partial charge in [0.2, 0.25) is 0 Å². The summed E-state index contributed by atoms with van der Waals surface area (Å²) < 4.78 is 21.4. The van der Waals surface area contributed by atoms with E-state index >= 15 is 0 Å². The number of nitro groups is 2. The van der Waals surface area contributed by atoms with E-state index in [2.05, 4.69) is 9.80 Å². The molecule has 0 radical (unpaired) electrons. The van der Waals surface area contributed by atoms with E-state index in [9.17, 15) is 20.2 Å². The first kappa shape index (κ1) is 41.8. The Morgan fingerprint density at radius 1 is 0.371 bits per heavy atom. The number of hydrogen-bond donors (Lipinski definition) is 0. The van der Waals surface area contributed by atoms with E-state index in [1.807, 2.05) is 146 Å². The molecule has 0 spiro atoms. The van der Waals surface area contributed by atoms with Crippen LogP contribution in [-0.2, 0) is 0 Å². The van der Waals surface area contributed by atoms with Crippen LogP contribution in [0.15, 0.2) is 158 Å². The summed E-state index contributed by atoms with van der Waals surface area (Å²) in [6.07, 6.45) is 6.43. The molecule has 62 heavy (non-hydrogen) atoms. The van der Waals surface area contributed by atoms with E-state index in [0.29, 0.717) is 0 Å². The normalized spacial score (nSPS) is 11.0. The van der Waals surface area contributed by atoms with Crippen molar-refractivity contribution in [3.8, 4) is 23.0 Å². The average molecular weight is 827 g/mol. The molecule has 0 atom stereocenters. The quantitative estimate of drug-likeness (QED) is 0.0527. The second-order valence-electron chi connectivity index (χ2n) is 13.8. The molecule has 310 valence electrons. The number of benzene rings is 7. The van der Waals surface area contributed by atoms with Crippen LogP contribution >= 0.6 is 0 Å². The third-order valence-electron chi connectivity index (χ3n) is 10.1. The zero-order valence-corrected chi connectivity index (χ0v) is 34.4. The predicted molar refractivity (Wildman–Crippen MR) is 246 cm³/mol. The van der Waals surface area contributed by atoms with Crippen molar-refractivity contribution >= 4 is 69.8 Å². The van der Waals surface area contributed by atoms with Gasteiger partial charge in [0, 0.05) is 46.3 Å². The minimum atomic E-state index is -0.535. The minimum absolute atomic E-state index is 0.0996. The SMILES string of the molecule is COc1ccc(N(c2ccc(/C=C\c3cc([N+](=O)[O-])c(/C=C\c4ccc(N(c5ccc(OC)cc5)c5ccc(OC)cc5)cc4)cc3[N+](=O)[O-])cc2)c2ccc(OC)cc2)cc1. The number of hydrogen-bond acceptors (Lipinski definition) is 10. The Balaban J connectivity index is 1.14. The number of ether oxygens (including phenoxy) is 4. The second kappa shape index (κ2) is 19.1. The minimum Gasteiger partial charge on any atom is -0.497 e. The summed E-state index contributed by atoms with van der Waals surface area (Å²) >= 11 is 0. The lowest BCUT2D eigenvalue weighted by Gasteiger charge is -2.26. The first-order chi connectivity index (χ1) is 30.2. The second-order valence-corrected chi connectivity index (χ2v) is 13.8. The fraction of sp³-hybridized carbons (Fsp3) is 0.0800. The van der Waals surface area contributed by atoms with Crippen LogP contribution in [0.25, 0.3) is 24.3 Å². The molecule has 7 rings (SSSR count). The van der Waals surface area contributed by atoms with Crippen molar-refractivity contribution in [2.75, 3.05) is 38.2 Å². The number of nitrogens with zero attached hydrogens (tertiary/aromatic N) is 4. The number of anilines is 6. The maximum absolute atomic E-state index is 12.4. The summed E-state index contributed by atoms with van der Waals surface area (Å²) in [5, 5.41) is 24.7. The van der Waals surface area contributed by atoms with Crippen molar-refractivity contribution in [3.63, 3.8) is 0 Å². The van der Waals surface area contributed by atoms with Crippen LogP contribution in [0.5, 0.6) is 23.0 Å². The Morgan fingerprint density at radius 3 is 0.806 bits per heavy atom. The molecule has 0 fully saturated rings. The summed E-state index contributed by atoms with van der Waals surface area (Å²) in [5.74, 6) is 2.92. The molecule has 0 aliphatic carbocycles. The van der Waals surface area contributed by atoms with Gasteiger partial charge < -0.3 is 28.7 Å². The van der Waals surface area contributed by atoms with Gasteiger partial charge in [-0.3, -0.25) is 20.2 Å². The van der Waals surface area contributed by atoms with E-state index < -0.39 is 9.85 Å². The molecule has 0 saturated carbocycles. The Labute approximate surface area is 359 Å². The number of methoxy groups -OCH3 is 4. The van der Waals surface area contributed by atoms with Gasteiger partial charge in [0.1, 0.15) is 23.0 Å². The van der Waals surface area contributed by atoms with Crippen LogP contribution in [0.2, 0.25) is 0 Å². The monoisotopic (exact) mass is 826 g/mol. The zero-order chi connectivity index (χ0) is 43.6. The standard InChI is InChI=1S/C50H42N4O8/c1-59-45-25-17-41(18-26-45)51(42-19-27-46(60-2)28-20-42)39-13-7-35(8-14-39)5-11-37-33-50(54(57)58)38(34-49(37)53(55)56)12-6-36-9-15-40(16-10-36)52(43-21-29-47(61-3)30-22-43)44-23-31-48(62-4)32-24-44/h5-34H,1-4H3/b11-5-,12-6-. The Kier molecular flexibility index (Phi) is 12.9. The van der Waals surface area contributed by atoms with Crippen LogP contribution in [-0.4, -0.2) is 38.3 Å². The molecule has 0 aliphatic heterocycles. The highest BCUT2D eigenvalue weighted by Gasteiger charge is 2.22. The molecule has 0 aliphatic rings. The smallest absolute Gasteiger partial charge is 0.277 e. The number of rotatable bonds is 16. The van der Waals surface area contributed by atoms with E-state index in [0.717, 1.165) is 68.2 Å². The molecule has 0 heterocycles. The molecular weight excluding hydrogens is 785 g/mol. The van der Waals surface area contributed by atoms with Gasteiger partial charge in [-0.15, -0.1) is 0 Å². The lowest BCUT2D eigenvalue weighted by Crippen LogP contribution is -2.09. The molecule has 0 bridgehead atoms. The lowest BCUT2D eigenvalue weighted by atomic mass is 10.0. The van der Waals surface area contributed by atoms with Crippen LogP contribution in [0.3, 0.4) is 0 Å². The van der Waals surface area contributed by atoms with Crippen molar-refractivity contribution in [2.45, 2.75) is 0 Å². The van der Waals surface area contributed by atoms with Crippen molar-refractivity contribution in [1.82, 2.24) is 0 Å². The van der Waals surface area contributed by atoms with Gasteiger partial charge in [-0.05, 0) is 145 Å². The Bertz CT molecular complexity index is 2410. The van der Waals surface area contributed by atoms with Crippen molar-refractivity contribution in [3.05, 3.63) is 200 Å². The molecule has 0 N–H and O–H groups in total. The van der Waals surface area contributed by atoms with Crippen LogP contribution in [0.4, 0.5) is 45.5 Å². The maximum atomic E-state index is 12.4. The summed E-state index contributed by atoms with van der Waals surface area (Å²) in [6, 6.07) is 48.5. The van der Waals surface area contributed by atoms with Crippen LogP contribution < -0.4 is 28.7 Å². The molecular formula is C50H42N4O8.